The Hall–Kier alpha value is -1.09. The Morgan fingerprint density at radius 2 is 2.42 bits per heavy atom. The highest BCUT2D eigenvalue weighted by atomic mass is 16.4. The Labute approximate surface area is 71.8 Å². The molecule has 3 nitrogen and oxygen atoms in total. The zero-order valence-corrected chi connectivity index (χ0v) is 7.08. The molecule has 0 amide bonds. The highest BCUT2D eigenvalue weighted by molar-refractivity contribution is 5.82. The lowest BCUT2D eigenvalue weighted by molar-refractivity contribution is -0.142. The third-order valence-corrected chi connectivity index (χ3v) is 1.94. The van der Waals surface area contributed by atoms with Gasteiger partial charge >= 0.3 is 5.97 Å². The average Bonchev–Trinajstić information content (AvgIpc) is 2.06. The van der Waals surface area contributed by atoms with E-state index in [-0.39, 0.29) is 0 Å². The first-order valence-electron chi connectivity index (χ1n) is 4.04. The quantitative estimate of drug-likeness (QED) is 0.657. The molecule has 0 aromatic heterocycles. The van der Waals surface area contributed by atoms with Gasteiger partial charge in [-0.05, 0) is 13.0 Å². The highest BCUT2D eigenvalue weighted by Gasteiger charge is 2.34. The fourth-order valence-corrected chi connectivity index (χ4v) is 1.30. The Balaban J connectivity index is 2.80. The van der Waals surface area contributed by atoms with Crippen molar-refractivity contribution in [2.24, 2.45) is 0 Å². The second-order valence-electron chi connectivity index (χ2n) is 2.80. The van der Waals surface area contributed by atoms with Gasteiger partial charge in [-0.3, -0.25) is 5.32 Å². The number of carbonyl (C=O) groups is 1. The summed E-state index contributed by atoms with van der Waals surface area (Å²) < 4.78 is 0. The van der Waals surface area contributed by atoms with E-state index < -0.39 is 11.5 Å². The summed E-state index contributed by atoms with van der Waals surface area (Å²) >= 11 is 0. The van der Waals surface area contributed by atoms with Gasteiger partial charge in [0.15, 0.2) is 0 Å². The molecule has 0 aromatic carbocycles. The summed E-state index contributed by atoms with van der Waals surface area (Å²) in [5, 5.41) is 11.9. The number of carboxylic acids is 1. The molecule has 0 bridgehead atoms. The summed E-state index contributed by atoms with van der Waals surface area (Å²) in [5.74, 6) is -0.815. The van der Waals surface area contributed by atoms with Crippen LogP contribution < -0.4 is 5.32 Å². The van der Waals surface area contributed by atoms with Crippen LogP contribution in [0.3, 0.4) is 0 Å². The normalized spacial score (nSPS) is 27.4. The molecule has 0 heterocycles. The van der Waals surface area contributed by atoms with Crippen molar-refractivity contribution in [1.82, 2.24) is 5.32 Å². The third kappa shape index (κ3) is 1.56. The molecular weight excluding hydrogens is 154 g/mol. The third-order valence-electron chi connectivity index (χ3n) is 1.94. The summed E-state index contributed by atoms with van der Waals surface area (Å²) in [7, 11) is 0. The number of rotatable bonds is 3. The van der Waals surface area contributed by atoms with Gasteiger partial charge in [0.2, 0.25) is 0 Å². The van der Waals surface area contributed by atoms with E-state index in [0.29, 0.717) is 13.0 Å². The van der Waals surface area contributed by atoms with E-state index in [1.54, 1.807) is 12.2 Å². The molecule has 0 spiro atoms. The summed E-state index contributed by atoms with van der Waals surface area (Å²) in [4.78, 5) is 10.9. The van der Waals surface area contributed by atoms with Gasteiger partial charge in [0.1, 0.15) is 5.54 Å². The number of likely N-dealkylation sites (N-methyl/N-ethyl adjacent to an activating group) is 1. The van der Waals surface area contributed by atoms with Crippen LogP contribution in [-0.2, 0) is 4.79 Å². The number of allylic oxidation sites excluding steroid dienone is 2. The minimum Gasteiger partial charge on any atom is -0.480 e. The first-order valence-corrected chi connectivity index (χ1v) is 4.04. The van der Waals surface area contributed by atoms with Crippen molar-refractivity contribution >= 4 is 5.97 Å². The molecule has 2 N–H and O–H groups in total. The van der Waals surface area contributed by atoms with E-state index in [1.165, 1.54) is 0 Å². The molecule has 1 unspecified atom stereocenters. The van der Waals surface area contributed by atoms with Crippen molar-refractivity contribution in [1.29, 1.82) is 0 Å². The van der Waals surface area contributed by atoms with Crippen LogP contribution in [0.5, 0.6) is 0 Å². The van der Waals surface area contributed by atoms with E-state index >= 15 is 0 Å². The van der Waals surface area contributed by atoms with Crippen molar-refractivity contribution < 1.29 is 9.90 Å². The first kappa shape index (κ1) is 9.00. The van der Waals surface area contributed by atoms with Gasteiger partial charge in [0, 0.05) is 0 Å². The fraction of sp³-hybridized carbons (Fsp3) is 0.444. The zero-order valence-electron chi connectivity index (χ0n) is 7.08. The van der Waals surface area contributed by atoms with Crippen molar-refractivity contribution in [3.05, 3.63) is 24.3 Å². The predicted molar refractivity (Wildman–Crippen MR) is 46.9 cm³/mol. The maximum Gasteiger partial charge on any atom is 0.328 e. The fourth-order valence-electron chi connectivity index (χ4n) is 1.30. The molecule has 0 saturated heterocycles. The number of nitrogens with one attached hydrogen (secondary N) is 1. The van der Waals surface area contributed by atoms with Crippen molar-refractivity contribution in [3.63, 3.8) is 0 Å². The minimum atomic E-state index is -0.872. The molecule has 0 aromatic rings. The maximum atomic E-state index is 10.9. The van der Waals surface area contributed by atoms with E-state index in [2.05, 4.69) is 5.32 Å². The molecule has 66 valence electrons. The topological polar surface area (TPSA) is 49.3 Å². The molecule has 1 atom stereocenters. The van der Waals surface area contributed by atoms with E-state index in [0.717, 1.165) is 0 Å². The lowest BCUT2D eigenvalue weighted by Crippen LogP contribution is -2.50. The van der Waals surface area contributed by atoms with Gasteiger partial charge in [-0.15, -0.1) is 0 Å². The standard InChI is InChI=1S/C9H13NO2/c1-2-10-9(8(11)12)6-4-3-5-7-9/h3-6,10H,2,7H2,1H3,(H,11,12). The van der Waals surface area contributed by atoms with Gasteiger partial charge in [0.25, 0.3) is 0 Å². The Morgan fingerprint density at radius 3 is 2.83 bits per heavy atom. The molecule has 0 aliphatic heterocycles. The average molecular weight is 167 g/mol. The second kappa shape index (κ2) is 3.54. The van der Waals surface area contributed by atoms with Crippen molar-refractivity contribution in [2.45, 2.75) is 18.9 Å². The predicted octanol–water partition coefficient (Wildman–Crippen LogP) is 0.935. The molecule has 1 aliphatic carbocycles. The molecule has 12 heavy (non-hydrogen) atoms. The zero-order chi connectivity index (χ0) is 9.03. The number of hydrogen-bond acceptors (Lipinski definition) is 2. The van der Waals surface area contributed by atoms with Crippen LogP contribution >= 0.6 is 0 Å². The Bertz CT molecular complexity index is 233. The Kier molecular flexibility index (Phi) is 2.65. The maximum absolute atomic E-state index is 10.9. The molecular formula is C9H13NO2. The van der Waals surface area contributed by atoms with Crippen LogP contribution in [0.15, 0.2) is 24.3 Å². The largest absolute Gasteiger partial charge is 0.480 e. The van der Waals surface area contributed by atoms with Crippen molar-refractivity contribution in [2.75, 3.05) is 6.54 Å². The molecule has 0 radical (unpaired) electrons. The van der Waals surface area contributed by atoms with Gasteiger partial charge < -0.3 is 5.11 Å². The van der Waals surface area contributed by atoms with Gasteiger partial charge in [0.05, 0.1) is 0 Å². The number of aliphatic carboxylic acids is 1. The molecule has 0 saturated carbocycles. The monoisotopic (exact) mass is 167 g/mol. The van der Waals surface area contributed by atoms with Crippen LogP contribution in [0.2, 0.25) is 0 Å². The van der Waals surface area contributed by atoms with Crippen LogP contribution in [0, 0.1) is 0 Å². The highest BCUT2D eigenvalue weighted by Crippen LogP contribution is 2.17. The summed E-state index contributed by atoms with van der Waals surface area (Å²) in [5.41, 5.74) is -0.872. The van der Waals surface area contributed by atoms with E-state index in [4.69, 9.17) is 5.11 Å². The smallest absolute Gasteiger partial charge is 0.328 e. The molecule has 0 fully saturated rings. The van der Waals surface area contributed by atoms with Gasteiger partial charge in [-0.1, -0.05) is 31.2 Å². The van der Waals surface area contributed by atoms with E-state index in [9.17, 15) is 4.79 Å². The Morgan fingerprint density at radius 1 is 1.67 bits per heavy atom. The second-order valence-corrected chi connectivity index (χ2v) is 2.80. The minimum absolute atomic E-state index is 0.521. The molecule has 3 heteroatoms. The van der Waals surface area contributed by atoms with E-state index in [1.807, 2.05) is 19.1 Å². The summed E-state index contributed by atoms with van der Waals surface area (Å²) in [6, 6.07) is 0. The van der Waals surface area contributed by atoms with Crippen molar-refractivity contribution in [3.8, 4) is 0 Å². The summed E-state index contributed by atoms with van der Waals surface area (Å²) in [6.07, 6.45) is 7.70. The molecule has 1 rings (SSSR count). The van der Waals surface area contributed by atoms with Crippen LogP contribution in [0.25, 0.3) is 0 Å². The lowest BCUT2D eigenvalue weighted by atomic mass is 9.91. The summed E-state index contributed by atoms with van der Waals surface area (Å²) in [6.45, 7) is 2.56. The number of carboxylic acid groups (broad SMARTS) is 1. The van der Waals surface area contributed by atoms with Crippen LogP contribution in [0.1, 0.15) is 13.3 Å². The van der Waals surface area contributed by atoms with Gasteiger partial charge in [-0.25, -0.2) is 4.79 Å². The number of hydrogen-bond donors (Lipinski definition) is 2. The van der Waals surface area contributed by atoms with Gasteiger partial charge in [-0.2, -0.15) is 0 Å². The lowest BCUT2D eigenvalue weighted by Gasteiger charge is -2.27. The van der Waals surface area contributed by atoms with Crippen LogP contribution in [0.4, 0.5) is 0 Å². The first-order chi connectivity index (χ1) is 5.71. The molecule has 1 aliphatic rings. The SMILES string of the molecule is CCNC1(C(=O)O)C=CC=CC1. The van der Waals surface area contributed by atoms with Crippen LogP contribution in [-0.4, -0.2) is 23.2 Å².